The molecule has 4 aromatic rings. The molecule has 0 aliphatic carbocycles. The molecule has 6 rings (SSSR count). The number of hydrogen-bond donors (Lipinski definition) is 2. The summed E-state index contributed by atoms with van der Waals surface area (Å²) >= 11 is 0. The van der Waals surface area contributed by atoms with E-state index in [1.807, 2.05) is 43.8 Å². The number of aromatic nitrogens is 4. The molecule has 2 fully saturated rings. The number of nitrogen functional groups attached to an aromatic ring is 1. The van der Waals surface area contributed by atoms with Gasteiger partial charge < -0.3 is 29.8 Å². The molecule has 9 nitrogen and oxygen atoms in total. The highest BCUT2D eigenvalue weighted by Crippen LogP contribution is 2.45. The zero-order chi connectivity index (χ0) is 23.4. The molecule has 2 aliphatic heterocycles. The van der Waals surface area contributed by atoms with Gasteiger partial charge in [0.1, 0.15) is 35.8 Å². The van der Waals surface area contributed by atoms with E-state index in [0.29, 0.717) is 5.82 Å². The highest BCUT2D eigenvalue weighted by Gasteiger charge is 2.55. The third kappa shape index (κ3) is 3.56. The summed E-state index contributed by atoms with van der Waals surface area (Å²) in [4.78, 5) is 13.2. The fraction of sp³-hybridized carbons (Fsp3) is 0.400. The van der Waals surface area contributed by atoms with Crippen LogP contribution in [0.2, 0.25) is 0 Å². The van der Waals surface area contributed by atoms with Crippen molar-refractivity contribution < 1.29 is 14.2 Å². The van der Waals surface area contributed by atoms with Gasteiger partial charge in [-0.2, -0.15) is 0 Å². The second-order valence-electron chi connectivity index (χ2n) is 9.36. The van der Waals surface area contributed by atoms with Crippen LogP contribution in [0.4, 0.5) is 11.6 Å². The number of nitrogens with one attached hydrogen (secondary N) is 1. The number of fused-ring (bicyclic) bond motifs is 3. The fourth-order valence-corrected chi connectivity index (χ4v) is 5.08. The van der Waals surface area contributed by atoms with E-state index in [1.54, 1.807) is 0 Å². The lowest BCUT2D eigenvalue weighted by Crippen LogP contribution is -2.29. The highest BCUT2D eigenvalue weighted by atomic mass is 16.8. The van der Waals surface area contributed by atoms with Gasteiger partial charge in [0.15, 0.2) is 12.0 Å². The summed E-state index contributed by atoms with van der Waals surface area (Å²) in [6.45, 7) is 3.89. The number of rotatable bonds is 5. The van der Waals surface area contributed by atoms with Gasteiger partial charge >= 0.3 is 0 Å². The average Bonchev–Trinajstić information content (AvgIpc) is 3.48. The molecule has 0 unspecified atom stereocenters. The first-order valence-electron chi connectivity index (χ1n) is 11.6. The minimum absolute atomic E-state index is 0.124. The van der Waals surface area contributed by atoms with Crippen molar-refractivity contribution in [3.8, 4) is 0 Å². The molecule has 2 saturated heterocycles. The van der Waals surface area contributed by atoms with E-state index in [2.05, 4.69) is 44.5 Å². The second-order valence-corrected chi connectivity index (χ2v) is 9.36. The molecule has 34 heavy (non-hydrogen) atoms. The summed E-state index contributed by atoms with van der Waals surface area (Å²) < 4.78 is 21.1. The standard InChI is InChI=1S/C25H28N6O3/c1-25(2)33-20-18(8-5-14-4-6-15-7-9-19(27-3)30-17(15)12-14)32-24(21(20)34-25)31-11-10-16-22(26)28-13-29-23(16)31/h4,6-7,9-13,18,20-21,24H,5,8H2,1-3H3,(H,27,30)(H2,26,28,29)/t18-,20-,21-,24-/m1/s1. The van der Waals surface area contributed by atoms with Gasteiger partial charge in [0.25, 0.3) is 0 Å². The van der Waals surface area contributed by atoms with Crippen molar-refractivity contribution in [3.63, 3.8) is 0 Å². The first kappa shape index (κ1) is 21.3. The Labute approximate surface area is 197 Å². The van der Waals surface area contributed by atoms with Crippen LogP contribution in [0.25, 0.3) is 21.9 Å². The first-order valence-corrected chi connectivity index (χ1v) is 11.6. The molecule has 2 aliphatic rings. The third-order valence-corrected chi connectivity index (χ3v) is 6.67. The topological polar surface area (TPSA) is 109 Å². The van der Waals surface area contributed by atoms with Crippen LogP contribution in [-0.4, -0.2) is 50.7 Å². The lowest BCUT2D eigenvalue weighted by atomic mass is 10.0. The molecule has 3 N–H and O–H groups in total. The van der Waals surface area contributed by atoms with Crippen LogP contribution in [0.5, 0.6) is 0 Å². The van der Waals surface area contributed by atoms with Gasteiger partial charge in [-0.05, 0) is 56.5 Å². The van der Waals surface area contributed by atoms with E-state index < -0.39 is 5.79 Å². The zero-order valence-electron chi connectivity index (χ0n) is 19.4. The number of pyridine rings is 1. The van der Waals surface area contributed by atoms with Crippen molar-refractivity contribution in [3.05, 3.63) is 54.5 Å². The molecule has 0 amide bonds. The Kier molecular flexibility index (Phi) is 4.94. The lowest BCUT2D eigenvalue weighted by molar-refractivity contribution is -0.196. The summed E-state index contributed by atoms with van der Waals surface area (Å²) in [7, 11) is 1.88. The molecular formula is C25H28N6O3. The van der Waals surface area contributed by atoms with Crippen LogP contribution >= 0.6 is 0 Å². The van der Waals surface area contributed by atoms with Crippen LogP contribution in [0, 0.1) is 0 Å². The Morgan fingerprint density at radius 3 is 2.76 bits per heavy atom. The Hall–Kier alpha value is -3.27. The van der Waals surface area contributed by atoms with Gasteiger partial charge in [-0.3, -0.25) is 0 Å². The number of benzene rings is 1. The quantitative estimate of drug-likeness (QED) is 0.464. The Bertz CT molecular complexity index is 1370. The minimum atomic E-state index is -0.678. The van der Waals surface area contributed by atoms with Crippen LogP contribution < -0.4 is 11.1 Å². The van der Waals surface area contributed by atoms with Crippen LogP contribution in [0.15, 0.2) is 48.9 Å². The largest absolute Gasteiger partial charge is 0.383 e. The summed E-state index contributed by atoms with van der Waals surface area (Å²) in [5, 5.41) is 5.02. The van der Waals surface area contributed by atoms with Gasteiger partial charge in [-0.25, -0.2) is 15.0 Å². The van der Waals surface area contributed by atoms with E-state index >= 15 is 0 Å². The number of hydrogen-bond acceptors (Lipinski definition) is 8. The Morgan fingerprint density at radius 2 is 1.91 bits per heavy atom. The second kappa shape index (κ2) is 7.90. The van der Waals surface area contributed by atoms with E-state index in [-0.39, 0.29) is 24.5 Å². The Balaban J connectivity index is 1.26. The molecule has 4 atom stereocenters. The molecule has 3 aromatic heterocycles. The molecular weight excluding hydrogens is 432 g/mol. The van der Waals surface area contributed by atoms with Crippen molar-refractivity contribution in [2.45, 2.75) is 57.0 Å². The van der Waals surface area contributed by atoms with Crippen LogP contribution in [-0.2, 0) is 20.6 Å². The van der Waals surface area contributed by atoms with E-state index in [9.17, 15) is 0 Å². The van der Waals surface area contributed by atoms with Gasteiger partial charge in [0, 0.05) is 18.6 Å². The van der Waals surface area contributed by atoms with Crippen LogP contribution in [0.1, 0.15) is 32.1 Å². The van der Waals surface area contributed by atoms with Gasteiger partial charge in [-0.15, -0.1) is 0 Å². The van der Waals surface area contributed by atoms with E-state index in [4.69, 9.17) is 19.9 Å². The maximum Gasteiger partial charge on any atom is 0.164 e. The summed E-state index contributed by atoms with van der Waals surface area (Å²) in [5.74, 6) is 0.630. The van der Waals surface area contributed by atoms with E-state index in [1.165, 1.54) is 11.9 Å². The monoisotopic (exact) mass is 460 g/mol. The first-order chi connectivity index (χ1) is 16.4. The molecule has 0 bridgehead atoms. The number of anilines is 2. The molecule has 9 heteroatoms. The molecule has 176 valence electrons. The highest BCUT2D eigenvalue weighted by molar-refractivity contribution is 5.86. The molecule has 5 heterocycles. The predicted molar refractivity (Wildman–Crippen MR) is 129 cm³/mol. The summed E-state index contributed by atoms with van der Waals surface area (Å²) in [6.07, 6.45) is 4.14. The predicted octanol–water partition coefficient (Wildman–Crippen LogP) is 3.65. The van der Waals surface area contributed by atoms with E-state index in [0.717, 1.165) is 40.6 Å². The molecule has 0 saturated carbocycles. The smallest absolute Gasteiger partial charge is 0.164 e. The SMILES string of the molecule is CNc1ccc2ccc(CC[C@H]3O[C@@H](n4ccc5c(N)ncnc54)[C@@H]4OC(C)(C)O[C@@H]43)cc2n1. The van der Waals surface area contributed by atoms with Gasteiger partial charge in [-0.1, -0.05) is 12.1 Å². The summed E-state index contributed by atoms with van der Waals surface area (Å²) in [5.41, 5.74) is 8.96. The van der Waals surface area contributed by atoms with Crippen molar-refractivity contribution >= 4 is 33.6 Å². The number of nitrogens with two attached hydrogens (primary N) is 1. The van der Waals surface area contributed by atoms with Crippen molar-refractivity contribution in [2.24, 2.45) is 0 Å². The minimum Gasteiger partial charge on any atom is -0.383 e. The van der Waals surface area contributed by atoms with Crippen molar-refractivity contribution in [2.75, 3.05) is 18.1 Å². The van der Waals surface area contributed by atoms with Gasteiger partial charge in [0.2, 0.25) is 0 Å². The molecule has 0 spiro atoms. The number of nitrogens with zero attached hydrogens (tertiary/aromatic N) is 4. The zero-order valence-corrected chi connectivity index (χ0v) is 19.4. The summed E-state index contributed by atoms with van der Waals surface area (Å²) in [6, 6.07) is 12.4. The average molecular weight is 461 g/mol. The lowest BCUT2D eigenvalue weighted by Gasteiger charge is -2.25. The normalized spacial score (nSPS) is 25.7. The maximum absolute atomic E-state index is 6.55. The Morgan fingerprint density at radius 1 is 1.09 bits per heavy atom. The van der Waals surface area contributed by atoms with Crippen molar-refractivity contribution in [1.82, 2.24) is 19.5 Å². The number of aryl methyl sites for hydroxylation is 1. The molecule has 1 aromatic carbocycles. The fourth-order valence-electron chi connectivity index (χ4n) is 5.08. The van der Waals surface area contributed by atoms with Crippen LogP contribution in [0.3, 0.4) is 0 Å². The third-order valence-electron chi connectivity index (χ3n) is 6.67. The maximum atomic E-state index is 6.55. The van der Waals surface area contributed by atoms with Crippen molar-refractivity contribution in [1.29, 1.82) is 0 Å². The number of ether oxygens (including phenoxy) is 3. The molecule has 0 radical (unpaired) electrons. The van der Waals surface area contributed by atoms with Gasteiger partial charge in [0.05, 0.1) is 17.0 Å².